The topological polar surface area (TPSA) is 0 Å². The Balaban J connectivity index is 1.10. The standard InChI is InChI=1S/C47H38/c1-4-14-37(15-5-1)39-29-24-35(25-30-39)26-31-40(38-16-6-2-7-17-38)34-36-27-32-42(33-28-36)47(41-18-8-3-9-19-41)45-22-12-10-20-43(45)44-21-11-13-23-46(44)47/h1-25,27-30,32-33,40H,26,31,34H2. The van der Waals surface area contributed by atoms with Crippen LogP contribution in [0, 0.1) is 0 Å². The Hall–Kier alpha value is -5.46. The molecule has 8 rings (SSSR count). The maximum atomic E-state index is 2.39. The number of hydrogen-bond donors (Lipinski definition) is 0. The zero-order valence-corrected chi connectivity index (χ0v) is 26.6. The van der Waals surface area contributed by atoms with Crippen molar-refractivity contribution in [2.24, 2.45) is 0 Å². The molecule has 47 heavy (non-hydrogen) atoms. The molecule has 0 bridgehead atoms. The van der Waals surface area contributed by atoms with Gasteiger partial charge in [-0.2, -0.15) is 0 Å². The van der Waals surface area contributed by atoms with Gasteiger partial charge in [0.1, 0.15) is 0 Å². The fourth-order valence-electron chi connectivity index (χ4n) is 7.83. The van der Waals surface area contributed by atoms with Gasteiger partial charge in [-0.1, -0.05) is 188 Å². The molecule has 0 aliphatic heterocycles. The van der Waals surface area contributed by atoms with Gasteiger partial charge in [0.05, 0.1) is 5.41 Å². The van der Waals surface area contributed by atoms with Crippen LogP contribution in [0.5, 0.6) is 0 Å². The first-order valence-electron chi connectivity index (χ1n) is 16.8. The Morgan fingerprint density at radius 2 is 0.851 bits per heavy atom. The van der Waals surface area contributed by atoms with E-state index in [0.717, 1.165) is 19.3 Å². The molecule has 7 aromatic rings. The minimum Gasteiger partial charge on any atom is -0.0622 e. The quantitative estimate of drug-likeness (QED) is 0.154. The largest absolute Gasteiger partial charge is 0.0713 e. The van der Waals surface area contributed by atoms with E-state index < -0.39 is 0 Å². The van der Waals surface area contributed by atoms with E-state index in [1.807, 2.05) is 0 Å². The minimum atomic E-state index is -0.349. The van der Waals surface area contributed by atoms with Crippen LogP contribution in [0.15, 0.2) is 188 Å². The van der Waals surface area contributed by atoms with Gasteiger partial charge in [0, 0.05) is 0 Å². The average Bonchev–Trinajstić information content (AvgIpc) is 3.46. The number of benzene rings is 7. The molecule has 7 aromatic carbocycles. The summed E-state index contributed by atoms with van der Waals surface area (Å²) >= 11 is 0. The van der Waals surface area contributed by atoms with Crippen LogP contribution in [0.1, 0.15) is 51.3 Å². The SMILES string of the molecule is c1ccc(-c2ccc(CCC(Cc3ccc(C4(c5ccccc5)c5ccccc5-c5ccccc54)cc3)c3ccccc3)cc2)cc1. The molecule has 0 nitrogen and oxygen atoms in total. The van der Waals surface area contributed by atoms with Crippen molar-refractivity contribution in [3.8, 4) is 22.3 Å². The van der Waals surface area contributed by atoms with E-state index in [1.165, 1.54) is 61.2 Å². The Kier molecular flexibility index (Phi) is 7.85. The van der Waals surface area contributed by atoms with Crippen molar-refractivity contribution < 1.29 is 0 Å². The monoisotopic (exact) mass is 602 g/mol. The molecule has 226 valence electrons. The lowest BCUT2D eigenvalue weighted by Crippen LogP contribution is -2.28. The summed E-state index contributed by atoms with van der Waals surface area (Å²) in [7, 11) is 0. The molecular formula is C47H38. The summed E-state index contributed by atoms with van der Waals surface area (Å²) in [6.45, 7) is 0. The highest BCUT2D eigenvalue weighted by molar-refractivity contribution is 5.86. The second kappa shape index (κ2) is 12.7. The zero-order valence-electron chi connectivity index (χ0n) is 26.6. The smallest absolute Gasteiger partial charge is 0.0622 e. The maximum Gasteiger partial charge on any atom is 0.0713 e. The van der Waals surface area contributed by atoms with Gasteiger partial charge in [-0.05, 0) is 86.4 Å². The van der Waals surface area contributed by atoms with E-state index in [4.69, 9.17) is 0 Å². The van der Waals surface area contributed by atoms with E-state index in [1.54, 1.807) is 0 Å². The lowest BCUT2D eigenvalue weighted by atomic mass is 9.67. The van der Waals surface area contributed by atoms with Crippen molar-refractivity contribution in [3.05, 3.63) is 227 Å². The summed E-state index contributed by atoms with van der Waals surface area (Å²) < 4.78 is 0. The van der Waals surface area contributed by atoms with Gasteiger partial charge in [-0.3, -0.25) is 0 Å². The van der Waals surface area contributed by atoms with Crippen LogP contribution >= 0.6 is 0 Å². The minimum absolute atomic E-state index is 0.349. The fraction of sp³-hybridized carbons (Fsp3) is 0.106. The Morgan fingerprint density at radius 3 is 1.47 bits per heavy atom. The summed E-state index contributed by atoms with van der Waals surface area (Å²) in [6, 6.07) is 69.4. The van der Waals surface area contributed by atoms with Gasteiger partial charge in [-0.25, -0.2) is 0 Å². The first kappa shape index (κ1) is 29.0. The first-order chi connectivity index (χ1) is 23.3. The molecule has 1 aliphatic rings. The Bertz CT molecular complexity index is 2030. The summed E-state index contributed by atoms with van der Waals surface area (Å²) in [5, 5.41) is 0. The van der Waals surface area contributed by atoms with Crippen molar-refractivity contribution in [3.63, 3.8) is 0 Å². The third-order valence-electron chi connectivity index (χ3n) is 10.1. The third kappa shape index (κ3) is 5.41. The molecule has 1 aliphatic carbocycles. The molecule has 0 amide bonds. The third-order valence-corrected chi connectivity index (χ3v) is 10.1. The summed E-state index contributed by atoms with van der Waals surface area (Å²) in [5.41, 5.74) is 14.4. The lowest BCUT2D eigenvalue weighted by Gasteiger charge is -2.34. The van der Waals surface area contributed by atoms with Crippen LogP contribution in [0.3, 0.4) is 0 Å². The summed E-state index contributed by atoms with van der Waals surface area (Å²) in [6.07, 6.45) is 3.17. The van der Waals surface area contributed by atoms with Crippen molar-refractivity contribution >= 4 is 0 Å². The van der Waals surface area contributed by atoms with Crippen molar-refractivity contribution in [1.82, 2.24) is 0 Å². The Morgan fingerprint density at radius 1 is 0.383 bits per heavy atom. The molecule has 0 fully saturated rings. The van der Waals surface area contributed by atoms with Crippen molar-refractivity contribution in [2.45, 2.75) is 30.6 Å². The van der Waals surface area contributed by atoms with Gasteiger partial charge in [0.2, 0.25) is 0 Å². The molecule has 0 N–H and O–H groups in total. The van der Waals surface area contributed by atoms with E-state index >= 15 is 0 Å². The normalized spacial score (nSPS) is 13.4. The highest BCUT2D eigenvalue weighted by Crippen LogP contribution is 2.55. The molecule has 0 heteroatoms. The molecule has 1 atom stereocenters. The first-order valence-corrected chi connectivity index (χ1v) is 16.8. The highest BCUT2D eigenvalue weighted by atomic mass is 14.5. The molecule has 0 radical (unpaired) electrons. The predicted molar refractivity (Wildman–Crippen MR) is 197 cm³/mol. The number of rotatable bonds is 9. The predicted octanol–water partition coefficient (Wildman–Crippen LogP) is 11.7. The number of hydrogen-bond acceptors (Lipinski definition) is 0. The van der Waals surface area contributed by atoms with Crippen molar-refractivity contribution in [1.29, 1.82) is 0 Å². The van der Waals surface area contributed by atoms with Gasteiger partial charge >= 0.3 is 0 Å². The van der Waals surface area contributed by atoms with Crippen LogP contribution in [0.2, 0.25) is 0 Å². The van der Waals surface area contributed by atoms with Gasteiger partial charge in [0.15, 0.2) is 0 Å². The van der Waals surface area contributed by atoms with E-state index in [-0.39, 0.29) is 5.41 Å². The summed E-state index contributed by atoms with van der Waals surface area (Å²) in [4.78, 5) is 0. The van der Waals surface area contributed by atoms with Gasteiger partial charge in [-0.15, -0.1) is 0 Å². The van der Waals surface area contributed by atoms with Gasteiger partial charge in [0.25, 0.3) is 0 Å². The molecule has 0 aromatic heterocycles. The van der Waals surface area contributed by atoms with Crippen molar-refractivity contribution in [2.75, 3.05) is 0 Å². The van der Waals surface area contributed by atoms with E-state index in [9.17, 15) is 0 Å². The van der Waals surface area contributed by atoms with Crippen LogP contribution in [-0.2, 0) is 18.3 Å². The van der Waals surface area contributed by atoms with E-state index in [0.29, 0.717) is 5.92 Å². The summed E-state index contributed by atoms with van der Waals surface area (Å²) in [5.74, 6) is 0.437. The van der Waals surface area contributed by atoms with Crippen LogP contribution in [0.25, 0.3) is 22.3 Å². The van der Waals surface area contributed by atoms with Gasteiger partial charge < -0.3 is 0 Å². The molecular weight excluding hydrogens is 565 g/mol. The van der Waals surface area contributed by atoms with E-state index in [2.05, 4.69) is 188 Å². The lowest BCUT2D eigenvalue weighted by molar-refractivity contribution is 0.621. The second-order valence-corrected chi connectivity index (χ2v) is 12.8. The number of fused-ring (bicyclic) bond motifs is 3. The second-order valence-electron chi connectivity index (χ2n) is 12.8. The molecule has 0 heterocycles. The van der Waals surface area contributed by atoms with Crippen LogP contribution < -0.4 is 0 Å². The van der Waals surface area contributed by atoms with Crippen LogP contribution in [-0.4, -0.2) is 0 Å². The van der Waals surface area contributed by atoms with Crippen LogP contribution in [0.4, 0.5) is 0 Å². The molecule has 0 saturated carbocycles. The maximum absolute atomic E-state index is 2.39. The molecule has 1 unspecified atom stereocenters. The zero-order chi connectivity index (χ0) is 31.5. The molecule has 0 spiro atoms. The highest BCUT2D eigenvalue weighted by Gasteiger charge is 2.45. The number of aryl methyl sites for hydroxylation is 1. The average molecular weight is 603 g/mol. The fourth-order valence-corrected chi connectivity index (χ4v) is 7.83. The molecule has 0 saturated heterocycles. The Labute approximate surface area is 279 Å².